The number of furan rings is 1. The Balaban J connectivity index is 1.42. The van der Waals surface area contributed by atoms with Crippen molar-refractivity contribution in [2.45, 2.75) is 32.0 Å². The minimum atomic E-state index is -0.0760. The van der Waals surface area contributed by atoms with Crippen LogP contribution < -0.4 is 5.32 Å². The van der Waals surface area contributed by atoms with E-state index < -0.39 is 0 Å². The molecule has 1 aromatic carbocycles. The maximum atomic E-state index is 12.4. The number of para-hydroxylation sites is 1. The fraction of sp³-hybridized carbons (Fsp3) is 0.286. The van der Waals surface area contributed by atoms with Crippen LogP contribution in [0.25, 0.3) is 0 Å². The molecule has 1 fully saturated rings. The SMILES string of the molecule is O=C(NCc1ccco1)c1ccc([C@@H]2CCCN2Cc2ccccc2O)s1. The molecule has 1 atom stereocenters. The molecule has 4 rings (SSSR count). The second-order valence-electron chi connectivity index (χ2n) is 6.72. The predicted molar refractivity (Wildman–Crippen MR) is 105 cm³/mol. The standard InChI is InChI=1S/C21H22N2O3S/c24-18-8-2-1-5-15(18)14-23-11-3-7-17(23)19-9-10-20(27-19)21(25)22-13-16-6-4-12-26-16/h1-2,4-6,8-10,12,17,24H,3,7,11,13-14H2,(H,22,25)/t17-/m0/s1. The van der Waals surface area contributed by atoms with Crippen LogP contribution in [0.4, 0.5) is 0 Å². The Morgan fingerprint density at radius 2 is 2.11 bits per heavy atom. The highest BCUT2D eigenvalue weighted by atomic mass is 32.1. The van der Waals surface area contributed by atoms with Gasteiger partial charge in [0.25, 0.3) is 5.91 Å². The first-order chi connectivity index (χ1) is 13.2. The third-order valence-electron chi connectivity index (χ3n) is 4.91. The number of likely N-dealkylation sites (tertiary alicyclic amines) is 1. The summed E-state index contributed by atoms with van der Waals surface area (Å²) in [4.78, 5) is 16.7. The third-order valence-corrected chi connectivity index (χ3v) is 6.10. The summed E-state index contributed by atoms with van der Waals surface area (Å²) in [5.74, 6) is 1.00. The molecule has 2 N–H and O–H groups in total. The fourth-order valence-electron chi connectivity index (χ4n) is 3.52. The Morgan fingerprint density at radius 3 is 2.93 bits per heavy atom. The number of amides is 1. The number of carbonyl (C=O) groups excluding carboxylic acids is 1. The third kappa shape index (κ3) is 4.07. The molecule has 2 aromatic heterocycles. The molecule has 0 aliphatic carbocycles. The van der Waals surface area contributed by atoms with Crippen molar-refractivity contribution in [2.24, 2.45) is 0 Å². The summed E-state index contributed by atoms with van der Waals surface area (Å²) in [7, 11) is 0. The number of rotatable bonds is 6. The van der Waals surface area contributed by atoms with E-state index >= 15 is 0 Å². The first-order valence-corrected chi connectivity index (χ1v) is 9.93. The highest BCUT2D eigenvalue weighted by Crippen LogP contribution is 2.37. The average molecular weight is 382 g/mol. The van der Waals surface area contributed by atoms with Gasteiger partial charge >= 0.3 is 0 Å². The summed E-state index contributed by atoms with van der Waals surface area (Å²) in [5, 5.41) is 13.0. The molecule has 3 heterocycles. The van der Waals surface area contributed by atoms with Gasteiger partial charge in [0.05, 0.1) is 17.7 Å². The summed E-state index contributed by atoms with van der Waals surface area (Å²) >= 11 is 1.55. The smallest absolute Gasteiger partial charge is 0.261 e. The van der Waals surface area contributed by atoms with Gasteiger partial charge in [0, 0.05) is 23.0 Å². The lowest BCUT2D eigenvalue weighted by molar-refractivity contribution is 0.0952. The molecule has 0 unspecified atom stereocenters. The predicted octanol–water partition coefficient (Wildman–Crippen LogP) is 4.31. The van der Waals surface area contributed by atoms with Gasteiger partial charge in [-0.2, -0.15) is 0 Å². The maximum absolute atomic E-state index is 12.4. The molecule has 0 bridgehead atoms. The zero-order valence-electron chi connectivity index (χ0n) is 14.9. The number of thiophene rings is 1. The van der Waals surface area contributed by atoms with E-state index in [1.54, 1.807) is 23.7 Å². The van der Waals surface area contributed by atoms with Crippen molar-refractivity contribution in [1.82, 2.24) is 10.2 Å². The Kier molecular flexibility index (Phi) is 5.27. The molecule has 1 amide bonds. The number of carbonyl (C=O) groups is 1. The Morgan fingerprint density at radius 1 is 1.22 bits per heavy atom. The van der Waals surface area contributed by atoms with Gasteiger partial charge in [-0.3, -0.25) is 9.69 Å². The quantitative estimate of drug-likeness (QED) is 0.667. The van der Waals surface area contributed by atoms with E-state index in [9.17, 15) is 9.90 Å². The van der Waals surface area contributed by atoms with Crippen molar-refractivity contribution >= 4 is 17.2 Å². The zero-order valence-corrected chi connectivity index (χ0v) is 15.7. The van der Waals surface area contributed by atoms with Gasteiger partial charge in [0.1, 0.15) is 11.5 Å². The molecule has 0 saturated carbocycles. The monoisotopic (exact) mass is 382 g/mol. The van der Waals surface area contributed by atoms with Gasteiger partial charge in [-0.1, -0.05) is 18.2 Å². The molecule has 0 radical (unpaired) electrons. The number of hydrogen-bond acceptors (Lipinski definition) is 5. The molecule has 140 valence electrons. The average Bonchev–Trinajstić information content (AvgIpc) is 3.43. The lowest BCUT2D eigenvalue weighted by atomic mass is 10.1. The van der Waals surface area contributed by atoms with E-state index in [4.69, 9.17) is 4.42 Å². The topological polar surface area (TPSA) is 65.7 Å². The largest absolute Gasteiger partial charge is 0.508 e. The van der Waals surface area contributed by atoms with Crippen LogP contribution in [0.15, 0.2) is 59.2 Å². The van der Waals surface area contributed by atoms with Crippen molar-refractivity contribution in [3.63, 3.8) is 0 Å². The van der Waals surface area contributed by atoms with Gasteiger partial charge in [0.2, 0.25) is 0 Å². The van der Waals surface area contributed by atoms with E-state index in [-0.39, 0.29) is 5.91 Å². The molecule has 6 heteroatoms. The van der Waals surface area contributed by atoms with Crippen molar-refractivity contribution in [3.05, 3.63) is 75.9 Å². The number of aromatic hydroxyl groups is 1. The molecule has 3 aromatic rings. The Hall–Kier alpha value is -2.57. The fourth-order valence-corrected chi connectivity index (χ4v) is 4.62. The Labute approximate surface area is 162 Å². The minimum absolute atomic E-state index is 0.0760. The van der Waals surface area contributed by atoms with Gasteiger partial charge in [-0.15, -0.1) is 11.3 Å². The van der Waals surface area contributed by atoms with Crippen LogP contribution in [0.2, 0.25) is 0 Å². The molecule has 27 heavy (non-hydrogen) atoms. The summed E-state index contributed by atoms with van der Waals surface area (Å²) in [5.41, 5.74) is 0.942. The van der Waals surface area contributed by atoms with Crippen molar-refractivity contribution in [1.29, 1.82) is 0 Å². The first-order valence-electron chi connectivity index (χ1n) is 9.12. The van der Waals surface area contributed by atoms with Crippen molar-refractivity contribution in [3.8, 4) is 5.75 Å². The number of phenolic OH excluding ortho intramolecular Hbond substituents is 1. The van der Waals surface area contributed by atoms with Gasteiger partial charge in [-0.25, -0.2) is 0 Å². The molecule has 0 spiro atoms. The van der Waals surface area contributed by atoms with Crippen LogP contribution in [0.5, 0.6) is 5.75 Å². The number of nitrogens with zero attached hydrogens (tertiary/aromatic N) is 1. The highest BCUT2D eigenvalue weighted by Gasteiger charge is 2.28. The van der Waals surface area contributed by atoms with Crippen LogP contribution in [0, 0.1) is 0 Å². The van der Waals surface area contributed by atoms with Gasteiger partial charge in [-0.05, 0) is 49.7 Å². The van der Waals surface area contributed by atoms with E-state index in [2.05, 4.69) is 16.3 Å². The molecular weight excluding hydrogens is 360 g/mol. The lowest BCUT2D eigenvalue weighted by Crippen LogP contribution is -2.22. The summed E-state index contributed by atoms with van der Waals surface area (Å²) in [6.07, 6.45) is 3.79. The van der Waals surface area contributed by atoms with Crippen LogP contribution in [-0.2, 0) is 13.1 Å². The number of nitrogens with one attached hydrogen (secondary N) is 1. The number of benzene rings is 1. The minimum Gasteiger partial charge on any atom is -0.508 e. The van der Waals surface area contributed by atoms with Crippen LogP contribution in [0.1, 0.15) is 44.8 Å². The van der Waals surface area contributed by atoms with Crippen molar-refractivity contribution < 1.29 is 14.3 Å². The Bertz CT molecular complexity index is 904. The van der Waals surface area contributed by atoms with Gasteiger partial charge in [0.15, 0.2) is 0 Å². The normalized spacial score (nSPS) is 17.3. The second kappa shape index (κ2) is 7.98. The van der Waals surface area contributed by atoms with Crippen LogP contribution >= 0.6 is 11.3 Å². The van der Waals surface area contributed by atoms with E-state index in [0.29, 0.717) is 23.2 Å². The molecule has 5 nitrogen and oxygen atoms in total. The van der Waals surface area contributed by atoms with Crippen molar-refractivity contribution in [2.75, 3.05) is 6.54 Å². The van der Waals surface area contributed by atoms with E-state index in [1.807, 2.05) is 36.4 Å². The highest BCUT2D eigenvalue weighted by molar-refractivity contribution is 7.14. The summed E-state index contributed by atoms with van der Waals surface area (Å²) < 4.78 is 5.25. The van der Waals surface area contributed by atoms with Crippen LogP contribution in [-0.4, -0.2) is 22.5 Å². The summed E-state index contributed by atoms with van der Waals surface area (Å²) in [6, 6.07) is 15.4. The molecular formula is C21H22N2O3S. The molecule has 1 aliphatic heterocycles. The lowest BCUT2D eigenvalue weighted by Gasteiger charge is -2.24. The molecule has 1 aliphatic rings. The second-order valence-corrected chi connectivity index (χ2v) is 7.84. The number of phenols is 1. The zero-order chi connectivity index (χ0) is 18.6. The van der Waals surface area contributed by atoms with E-state index in [1.165, 1.54) is 4.88 Å². The number of hydrogen-bond donors (Lipinski definition) is 2. The molecule has 1 saturated heterocycles. The van der Waals surface area contributed by atoms with E-state index in [0.717, 1.165) is 37.3 Å². The van der Waals surface area contributed by atoms with Crippen LogP contribution in [0.3, 0.4) is 0 Å². The summed E-state index contributed by atoms with van der Waals surface area (Å²) in [6.45, 7) is 2.11. The first kappa shape index (κ1) is 17.8. The maximum Gasteiger partial charge on any atom is 0.261 e. The van der Waals surface area contributed by atoms with Gasteiger partial charge < -0.3 is 14.8 Å².